The minimum absolute atomic E-state index is 0.248. The molecule has 1 aliphatic rings. The fourth-order valence-electron chi connectivity index (χ4n) is 0.957. The molecule has 2 nitrogen and oxygen atoms in total. The van der Waals surface area contributed by atoms with E-state index >= 15 is 0 Å². The Balaban J connectivity index is 2.94. The highest BCUT2D eigenvalue weighted by Crippen LogP contribution is 2.29. The summed E-state index contributed by atoms with van der Waals surface area (Å²) in [7, 11) is 1.05. The maximum absolute atomic E-state index is 13.2. The van der Waals surface area contributed by atoms with E-state index in [1.165, 1.54) is 12.2 Å². The van der Waals surface area contributed by atoms with E-state index in [1.807, 2.05) is 0 Å². The summed E-state index contributed by atoms with van der Waals surface area (Å²) in [6.45, 7) is 0. The third-order valence-electron chi connectivity index (χ3n) is 1.70. The summed E-state index contributed by atoms with van der Waals surface area (Å²) < 4.78 is 30.6. The first-order chi connectivity index (χ1) is 5.64. The molecule has 0 aromatic carbocycles. The van der Waals surface area contributed by atoms with Crippen LogP contribution < -0.4 is 0 Å². The molecule has 0 radical (unpaired) electrons. The van der Waals surface area contributed by atoms with Gasteiger partial charge >= 0.3 is 0 Å². The van der Waals surface area contributed by atoms with Crippen LogP contribution in [0.4, 0.5) is 8.78 Å². The highest BCUT2D eigenvalue weighted by molar-refractivity contribution is 5.76. The zero-order valence-corrected chi connectivity index (χ0v) is 6.46. The second kappa shape index (κ2) is 3.15. The number of aldehydes is 1. The van der Waals surface area contributed by atoms with E-state index in [4.69, 9.17) is 0 Å². The molecule has 1 rings (SSSR count). The van der Waals surface area contributed by atoms with Gasteiger partial charge in [-0.25, -0.2) is 8.78 Å². The van der Waals surface area contributed by atoms with E-state index in [0.29, 0.717) is 0 Å². The van der Waals surface area contributed by atoms with Crippen molar-refractivity contribution in [3.63, 3.8) is 0 Å². The van der Waals surface area contributed by atoms with Gasteiger partial charge in [0, 0.05) is 12.7 Å². The molecule has 0 saturated carbocycles. The first-order valence-corrected chi connectivity index (χ1v) is 3.37. The first kappa shape index (κ1) is 9.06. The maximum Gasteiger partial charge on any atom is 0.264 e. The van der Waals surface area contributed by atoms with Gasteiger partial charge in [-0.05, 0) is 6.08 Å². The van der Waals surface area contributed by atoms with E-state index < -0.39 is 12.0 Å². The van der Waals surface area contributed by atoms with Crippen LogP contribution in [0.1, 0.15) is 0 Å². The van der Waals surface area contributed by atoms with Crippen molar-refractivity contribution >= 4 is 6.29 Å². The van der Waals surface area contributed by atoms with Gasteiger partial charge in [-0.3, -0.25) is 4.79 Å². The van der Waals surface area contributed by atoms with Crippen molar-refractivity contribution in [3.8, 4) is 0 Å². The van der Waals surface area contributed by atoms with Crippen LogP contribution in [-0.2, 0) is 9.53 Å². The van der Waals surface area contributed by atoms with Crippen LogP contribution in [0.25, 0.3) is 0 Å². The van der Waals surface area contributed by atoms with Gasteiger partial charge in [-0.2, -0.15) is 0 Å². The number of hydrogen-bond donors (Lipinski definition) is 0. The van der Waals surface area contributed by atoms with Crippen molar-refractivity contribution < 1.29 is 18.3 Å². The van der Waals surface area contributed by atoms with Crippen LogP contribution >= 0.6 is 0 Å². The molecule has 66 valence electrons. The van der Waals surface area contributed by atoms with E-state index in [0.717, 1.165) is 13.2 Å². The Morgan fingerprint density at radius 2 is 2.42 bits per heavy atom. The topological polar surface area (TPSA) is 26.3 Å². The number of carbonyl (C=O) groups excluding carboxylic acids is 1. The monoisotopic (exact) mass is 174 g/mol. The van der Waals surface area contributed by atoms with Crippen LogP contribution in [0.5, 0.6) is 0 Å². The molecular formula is C8H8F2O2. The SMILES string of the molecule is COC1(F)C=CC=C(C=O)C1F. The number of halogens is 2. The second-order valence-electron chi connectivity index (χ2n) is 2.41. The molecule has 0 aromatic heterocycles. The lowest BCUT2D eigenvalue weighted by atomic mass is 9.99. The van der Waals surface area contributed by atoms with Gasteiger partial charge in [0.2, 0.25) is 0 Å². The van der Waals surface area contributed by atoms with Gasteiger partial charge in [-0.1, -0.05) is 12.2 Å². The summed E-state index contributed by atoms with van der Waals surface area (Å²) in [6, 6.07) is 0. The molecular weight excluding hydrogens is 166 g/mol. The van der Waals surface area contributed by atoms with Gasteiger partial charge < -0.3 is 4.74 Å². The van der Waals surface area contributed by atoms with Gasteiger partial charge in [0.15, 0.2) is 6.17 Å². The average Bonchev–Trinajstić information content (AvgIpc) is 2.10. The number of ether oxygens (including phenoxy) is 1. The molecule has 0 bridgehead atoms. The molecule has 4 heteroatoms. The standard InChI is InChI=1S/C8H8F2O2/c1-12-8(10)4-2-3-6(5-11)7(8)9/h2-5,7H,1H3. The Labute approximate surface area is 68.5 Å². The highest BCUT2D eigenvalue weighted by atomic mass is 19.2. The Morgan fingerprint density at radius 1 is 1.75 bits per heavy atom. The smallest absolute Gasteiger partial charge is 0.264 e. The minimum Gasteiger partial charge on any atom is -0.344 e. The molecule has 0 saturated heterocycles. The molecule has 0 fully saturated rings. The molecule has 0 amide bonds. The number of rotatable bonds is 2. The van der Waals surface area contributed by atoms with Crippen LogP contribution in [0.15, 0.2) is 23.8 Å². The van der Waals surface area contributed by atoms with Gasteiger partial charge in [0.1, 0.15) is 6.29 Å². The van der Waals surface area contributed by atoms with E-state index in [1.54, 1.807) is 0 Å². The van der Waals surface area contributed by atoms with Crippen molar-refractivity contribution in [3.05, 3.63) is 23.8 Å². The summed E-state index contributed by atoms with van der Waals surface area (Å²) in [6.07, 6.45) is 1.65. The number of alkyl halides is 2. The lowest BCUT2D eigenvalue weighted by molar-refractivity contribution is -0.126. The molecule has 2 atom stereocenters. The Morgan fingerprint density at radius 3 is 2.92 bits per heavy atom. The number of carbonyl (C=O) groups is 1. The Kier molecular flexibility index (Phi) is 2.38. The van der Waals surface area contributed by atoms with Gasteiger partial charge in [0.25, 0.3) is 5.85 Å². The van der Waals surface area contributed by atoms with Gasteiger partial charge in [-0.15, -0.1) is 0 Å². The first-order valence-electron chi connectivity index (χ1n) is 3.37. The normalized spacial score (nSPS) is 34.6. The lowest BCUT2D eigenvalue weighted by Gasteiger charge is -2.25. The number of methoxy groups -OCH3 is 1. The summed E-state index contributed by atoms with van der Waals surface area (Å²) in [5.74, 6) is -2.50. The van der Waals surface area contributed by atoms with Crippen molar-refractivity contribution in [1.82, 2.24) is 0 Å². The molecule has 0 N–H and O–H groups in total. The summed E-state index contributed by atoms with van der Waals surface area (Å²) in [4.78, 5) is 10.2. The van der Waals surface area contributed by atoms with Crippen molar-refractivity contribution in [2.24, 2.45) is 0 Å². The molecule has 0 aliphatic heterocycles. The minimum atomic E-state index is -2.50. The van der Waals surface area contributed by atoms with Crippen LogP contribution in [0.2, 0.25) is 0 Å². The lowest BCUT2D eigenvalue weighted by Crippen LogP contribution is -2.38. The van der Waals surface area contributed by atoms with E-state index in [-0.39, 0.29) is 11.9 Å². The van der Waals surface area contributed by atoms with Crippen LogP contribution in [-0.4, -0.2) is 25.4 Å². The quantitative estimate of drug-likeness (QED) is 0.590. The Bertz CT molecular complexity index is 247. The molecule has 0 spiro atoms. The third kappa shape index (κ3) is 1.30. The zero-order valence-electron chi connectivity index (χ0n) is 6.46. The average molecular weight is 174 g/mol. The largest absolute Gasteiger partial charge is 0.344 e. The van der Waals surface area contributed by atoms with Crippen LogP contribution in [0, 0.1) is 0 Å². The molecule has 0 heterocycles. The molecule has 2 unspecified atom stereocenters. The fourth-order valence-corrected chi connectivity index (χ4v) is 0.957. The predicted octanol–water partition coefficient (Wildman–Crippen LogP) is 1.33. The third-order valence-corrected chi connectivity index (χ3v) is 1.70. The second-order valence-corrected chi connectivity index (χ2v) is 2.41. The zero-order chi connectivity index (χ0) is 9.19. The molecule has 1 aliphatic carbocycles. The Hall–Kier alpha value is -1.03. The highest BCUT2D eigenvalue weighted by Gasteiger charge is 2.41. The van der Waals surface area contributed by atoms with E-state index in [9.17, 15) is 13.6 Å². The summed E-state index contributed by atoms with van der Waals surface area (Å²) >= 11 is 0. The van der Waals surface area contributed by atoms with E-state index in [2.05, 4.69) is 4.74 Å². The number of hydrogen-bond acceptors (Lipinski definition) is 2. The fraction of sp³-hybridized carbons (Fsp3) is 0.375. The van der Waals surface area contributed by atoms with Crippen molar-refractivity contribution in [2.45, 2.75) is 12.0 Å². The summed E-state index contributed by atoms with van der Waals surface area (Å²) in [5, 5.41) is 0. The van der Waals surface area contributed by atoms with Gasteiger partial charge in [0.05, 0.1) is 0 Å². The maximum atomic E-state index is 13.2. The van der Waals surface area contributed by atoms with Crippen molar-refractivity contribution in [2.75, 3.05) is 7.11 Å². The van der Waals surface area contributed by atoms with Crippen LogP contribution in [0.3, 0.4) is 0 Å². The molecule has 0 aromatic rings. The van der Waals surface area contributed by atoms with Crippen molar-refractivity contribution in [1.29, 1.82) is 0 Å². The number of allylic oxidation sites excluding steroid dienone is 2. The summed E-state index contributed by atoms with van der Waals surface area (Å²) in [5.41, 5.74) is -0.248. The predicted molar refractivity (Wildman–Crippen MR) is 39.0 cm³/mol. The molecule has 12 heavy (non-hydrogen) atoms.